The minimum absolute atomic E-state index is 0.371. The van der Waals surface area contributed by atoms with Gasteiger partial charge in [-0.2, -0.15) is 0 Å². The van der Waals surface area contributed by atoms with Crippen LogP contribution >= 0.6 is 0 Å². The molecule has 0 atom stereocenters. The molecule has 0 aliphatic heterocycles. The molecule has 5 heteroatoms. The van der Waals surface area contributed by atoms with Crippen molar-refractivity contribution in [1.82, 2.24) is 4.98 Å². The number of hydrogen-bond donors (Lipinski definition) is 2. The van der Waals surface area contributed by atoms with E-state index in [0.717, 1.165) is 10.6 Å². The molecule has 0 saturated carbocycles. The third-order valence-electron chi connectivity index (χ3n) is 1.53. The molecule has 0 aromatic carbocycles. The standard InChI is InChI=1S/C8H4N2O3/c11-7(8(12)13)10-5-1-4-2-6(4)9-3-5/h1,3H,(H,10,11)(H,12,13). The lowest BCUT2D eigenvalue weighted by Crippen LogP contribution is -2.23. The molecule has 0 saturated heterocycles. The Morgan fingerprint density at radius 1 is 1.54 bits per heavy atom. The van der Waals surface area contributed by atoms with Gasteiger partial charge >= 0.3 is 11.9 Å². The second-order valence-electron chi connectivity index (χ2n) is 2.50. The number of carboxylic acids is 1. The topological polar surface area (TPSA) is 79.3 Å². The van der Waals surface area contributed by atoms with Gasteiger partial charge in [-0.25, -0.2) is 9.78 Å². The van der Waals surface area contributed by atoms with Crippen LogP contribution in [0.3, 0.4) is 0 Å². The Balaban J connectivity index is 2.17. The zero-order chi connectivity index (χ0) is 9.42. The summed E-state index contributed by atoms with van der Waals surface area (Å²) in [5.41, 5.74) is 3.19. The van der Waals surface area contributed by atoms with Gasteiger partial charge in [0, 0.05) is 0 Å². The fraction of sp³-hybridized carbons (Fsp3) is 0. The van der Waals surface area contributed by atoms with E-state index >= 15 is 0 Å². The average molecular weight is 176 g/mol. The van der Waals surface area contributed by atoms with Crippen LogP contribution in [0.15, 0.2) is 12.3 Å². The average Bonchev–Trinajstić information content (AvgIpc) is 2.81. The van der Waals surface area contributed by atoms with Gasteiger partial charge in [-0.3, -0.25) is 4.79 Å². The zero-order valence-corrected chi connectivity index (χ0v) is 6.37. The van der Waals surface area contributed by atoms with E-state index < -0.39 is 11.9 Å². The van der Waals surface area contributed by atoms with Gasteiger partial charge in [-0.1, -0.05) is 5.73 Å². The first-order valence-electron chi connectivity index (χ1n) is 3.48. The van der Waals surface area contributed by atoms with E-state index in [9.17, 15) is 9.59 Å². The van der Waals surface area contributed by atoms with Crippen LogP contribution in [-0.4, -0.2) is 22.0 Å². The number of nitrogens with one attached hydrogen (secondary N) is 1. The Morgan fingerprint density at radius 3 is 2.92 bits per heavy atom. The first kappa shape index (κ1) is 7.52. The summed E-state index contributed by atoms with van der Waals surface area (Å²) in [6.45, 7) is 0. The smallest absolute Gasteiger partial charge is 0.394 e. The highest BCUT2D eigenvalue weighted by Crippen LogP contribution is 1.98. The monoisotopic (exact) mass is 176 g/mol. The number of hydrogen-bond acceptors (Lipinski definition) is 3. The summed E-state index contributed by atoms with van der Waals surface area (Å²) in [6, 6.07) is 1.61. The molecule has 1 aliphatic rings. The van der Waals surface area contributed by atoms with Crippen molar-refractivity contribution in [3.05, 3.63) is 22.8 Å². The summed E-state index contributed by atoms with van der Waals surface area (Å²) in [5.74, 6) is -2.58. The highest BCUT2D eigenvalue weighted by molar-refractivity contribution is 6.36. The Kier molecular flexibility index (Phi) is 1.41. The molecular formula is C8H4N2O3. The summed E-state index contributed by atoms with van der Waals surface area (Å²) in [6.07, 6.45) is 1.39. The van der Waals surface area contributed by atoms with E-state index in [1.54, 1.807) is 6.07 Å². The Hall–Kier alpha value is -2.13. The Bertz CT molecular complexity index is 529. The zero-order valence-electron chi connectivity index (χ0n) is 6.37. The molecule has 1 heterocycles. The van der Waals surface area contributed by atoms with Crippen molar-refractivity contribution in [3.8, 4) is 0 Å². The molecule has 1 aliphatic carbocycles. The normalized spacial score (nSPS) is 10.5. The van der Waals surface area contributed by atoms with Crippen LogP contribution in [0.5, 0.6) is 0 Å². The number of carbonyl (C=O) groups is 2. The SMILES string of the molecule is O=C(O)C(=O)Nc1cnc2c(c1)=C=2. The summed E-state index contributed by atoms with van der Waals surface area (Å²) in [4.78, 5) is 24.7. The number of aromatic nitrogens is 1. The van der Waals surface area contributed by atoms with Crippen LogP contribution in [-0.2, 0) is 9.59 Å². The van der Waals surface area contributed by atoms with Crippen LogP contribution in [0.1, 0.15) is 0 Å². The lowest BCUT2D eigenvalue weighted by atomic mass is 10.4. The second-order valence-corrected chi connectivity index (χ2v) is 2.50. The van der Waals surface area contributed by atoms with E-state index in [0.29, 0.717) is 5.69 Å². The van der Waals surface area contributed by atoms with Crippen molar-refractivity contribution in [2.24, 2.45) is 0 Å². The molecule has 13 heavy (non-hydrogen) atoms. The van der Waals surface area contributed by atoms with Gasteiger partial charge in [0.2, 0.25) is 0 Å². The highest BCUT2D eigenvalue weighted by atomic mass is 16.4. The van der Waals surface area contributed by atoms with Gasteiger partial charge in [0.1, 0.15) is 5.35 Å². The van der Waals surface area contributed by atoms with Crippen LogP contribution in [0.2, 0.25) is 0 Å². The van der Waals surface area contributed by atoms with E-state index in [2.05, 4.69) is 16.0 Å². The number of carbonyl (C=O) groups excluding carboxylic acids is 1. The molecular weight excluding hydrogens is 172 g/mol. The Morgan fingerprint density at radius 2 is 2.31 bits per heavy atom. The fourth-order valence-electron chi connectivity index (χ4n) is 0.882. The highest BCUT2D eigenvalue weighted by Gasteiger charge is 2.11. The van der Waals surface area contributed by atoms with Crippen molar-refractivity contribution in [2.45, 2.75) is 0 Å². The second kappa shape index (κ2) is 2.43. The van der Waals surface area contributed by atoms with E-state index in [4.69, 9.17) is 5.11 Å². The molecule has 1 aromatic heterocycles. The third kappa shape index (κ3) is 1.40. The number of carboxylic acid groups (broad SMARTS) is 1. The molecule has 1 amide bonds. The van der Waals surface area contributed by atoms with Gasteiger partial charge in [-0.15, -0.1) is 0 Å². The number of amides is 1. The van der Waals surface area contributed by atoms with Crippen LogP contribution in [0, 0.1) is 0 Å². The minimum atomic E-state index is -1.52. The molecule has 2 N–H and O–H groups in total. The van der Waals surface area contributed by atoms with Crippen molar-refractivity contribution in [1.29, 1.82) is 0 Å². The van der Waals surface area contributed by atoms with Crippen LogP contribution in [0.4, 0.5) is 5.69 Å². The largest absolute Gasteiger partial charge is 0.474 e. The van der Waals surface area contributed by atoms with Gasteiger partial charge in [0.25, 0.3) is 0 Å². The molecule has 64 valence electrons. The molecule has 2 rings (SSSR count). The predicted octanol–water partition coefficient (Wildman–Crippen LogP) is -1.83. The van der Waals surface area contributed by atoms with Crippen molar-refractivity contribution >= 4 is 23.3 Å². The predicted molar refractivity (Wildman–Crippen MR) is 42.3 cm³/mol. The maximum absolute atomic E-state index is 10.7. The first-order chi connectivity index (χ1) is 6.16. The number of pyridine rings is 1. The quantitative estimate of drug-likeness (QED) is 0.501. The number of fused-ring (bicyclic) bond motifs is 1. The number of rotatable bonds is 1. The lowest BCUT2D eigenvalue weighted by molar-refractivity contribution is -0.147. The Labute approximate surface area is 72.0 Å². The van der Waals surface area contributed by atoms with Gasteiger partial charge in [-0.05, 0) is 6.07 Å². The number of nitrogens with zero attached hydrogens (tertiary/aromatic N) is 1. The third-order valence-corrected chi connectivity index (χ3v) is 1.53. The van der Waals surface area contributed by atoms with Crippen LogP contribution in [0.25, 0.3) is 5.73 Å². The maximum atomic E-state index is 10.7. The molecule has 0 fully saturated rings. The van der Waals surface area contributed by atoms with Crippen molar-refractivity contribution in [2.75, 3.05) is 5.32 Å². The molecule has 0 radical (unpaired) electrons. The van der Waals surface area contributed by atoms with Gasteiger partial charge in [0.05, 0.1) is 17.1 Å². The van der Waals surface area contributed by atoms with Gasteiger partial charge in [0.15, 0.2) is 0 Å². The number of anilines is 1. The lowest BCUT2D eigenvalue weighted by Gasteiger charge is -1.97. The molecule has 0 spiro atoms. The fourth-order valence-corrected chi connectivity index (χ4v) is 0.882. The first-order valence-corrected chi connectivity index (χ1v) is 3.48. The molecule has 1 aromatic rings. The molecule has 5 nitrogen and oxygen atoms in total. The van der Waals surface area contributed by atoms with E-state index in [-0.39, 0.29) is 0 Å². The summed E-state index contributed by atoms with van der Waals surface area (Å²) in [7, 11) is 0. The number of aliphatic carboxylic acids is 1. The maximum Gasteiger partial charge on any atom is 0.394 e. The van der Waals surface area contributed by atoms with Crippen molar-refractivity contribution < 1.29 is 14.7 Å². The molecule has 0 unspecified atom stereocenters. The summed E-state index contributed by atoms with van der Waals surface area (Å²) in [5, 5.41) is 12.0. The van der Waals surface area contributed by atoms with Crippen molar-refractivity contribution in [3.63, 3.8) is 0 Å². The molecule has 0 bridgehead atoms. The van der Waals surface area contributed by atoms with E-state index in [1.807, 2.05) is 0 Å². The minimum Gasteiger partial charge on any atom is -0.474 e. The van der Waals surface area contributed by atoms with E-state index in [1.165, 1.54) is 6.20 Å². The van der Waals surface area contributed by atoms with Gasteiger partial charge < -0.3 is 10.4 Å². The summed E-state index contributed by atoms with van der Waals surface area (Å²) < 4.78 is 0. The van der Waals surface area contributed by atoms with Crippen LogP contribution < -0.4 is 15.9 Å². The summed E-state index contributed by atoms with van der Waals surface area (Å²) >= 11 is 0.